The molecule has 0 aliphatic rings. The molecule has 0 aliphatic carbocycles. The van der Waals surface area contributed by atoms with Gasteiger partial charge in [-0.1, -0.05) is 0 Å². The maximum Gasteiger partial charge on any atom is 0.573 e. The minimum absolute atomic E-state index is 0.0391. The van der Waals surface area contributed by atoms with E-state index in [0.717, 1.165) is 12.1 Å². The molecule has 0 bridgehead atoms. The molecule has 0 aromatic heterocycles. The quantitative estimate of drug-likeness (QED) is 0.475. The number of hydrogen-bond donors (Lipinski definition) is 0. The van der Waals surface area contributed by atoms with Crippen LogP contribution >= 0.6 is 11.6 Å². The van der Waals surface area contributed by atoms with Gasteiger partial charge in [0.2, 0.25) is 0 Å². The van der Waals surface area contributed by atoms with Crippen LogP contribution in [0.1, 0.15) is 16.8 Å². The maximum atomic E-state index is 13.2. The first-order valence-corrected chi connectivity index (χ1v) is 5.01. The highest BCUT2D eigenvalue weighted by atomic mass is 35.5. The molecule has 0 fully saturated rings. The molecule has 0 unspecified atom stereocenters. The molecule has 1 aromatic carbocycles. The zero-order valence-corrected chi connectivity index (χ0v) is 9.11. The third kappa shape index (κ3) is 4.22. The second kappa shape index (κ2) is 5.35. The number of rotatable bonds is 4. The Morgan fingerprint density at radius 3 is 2.53 bits per heavy atom. The number of carbonyl (C=O) groups is 1. The standard InChI is InChI=1S/C10H7ClF4O2/c11-4-3-9(16)7-5-6(1-2-8(7)12)17-10(13,14)15/h1-2,5H,3-4H2. The van der Waals surface area contributed by atoms with Crippen LogP contribution in [0.2, 0.25) is 0 Å². The summed E-state index contributed by atoms with van der Waals surface area (Å²) in [6.45, 7) is 0. The van der Waals surface area contributed by atoms with Crippen LogP contribution in [0.15, 0.2) is 18.2 Å². The molecule has 17 heavy (non-hydrogen) atoms. The highest BCUT2D eigenvalue weighted by Crippen LogP contribution is 2.25. The fourth-order valence-corrected chi connectivity index (χ4v) is 1.31. The van der Waals surface area contributed by atoms with Crippen molar-refractivity contribution in [3.63, 3.8) is 0 Å². The van der Waals surface area contributed by atoms with Crippen LogP contribution in [0.5, 0.6) is 5.75 Å². The summed E-state index contributed by atoms with van der Waals surface area (Å²) in [5, 5.41) is 0. The second-order valence-corrected chi connectivity index (χ2v) is 3.43. The average Bonchev–Trinajstić information content (AvgIpc) is 2.19. The van der Waals surface area contributed by atoms with Crippen molar-refractivity contribution < 1.29 is 27.1 Å². The molecule has 0 spiro atoms. The topological polar surface area (TPSA) is 26.3 Å². The number of ether oxygens (including phenoxy) is 1. The second-order valence-electron chi connectivity index (χ2n) is 3.05. The fraction of sp³-hybridized carbons (Fsp3) is 0.300. The Hall–Kier alpha value is -1.30. The van der Waals surface area contributed by atoms with Gasteiger partial charge in [-0.05, 0) is 18.2 Å². The number of carbonyl (C=O) groups excluding carboxylic acids is 1. The van der Waals surface area contributed by atoms with Gasteiger partial charge in [0.15, 0.2) is 5.78 Å². The number of Topliss-reactive ketones (excluding diaryl/α,β-unsaturated/α-hetero) is 1. The van der Waals surface area contributed by atoms with Crippen molar-refractivity contribution in [3.8, 4) is 5.75 Å². The molecule has 7 heteroatoms. The molecular weight excluding hydrogens is 264 g/mol. The Morgan fingerprint density at radius 2 is 2.00 bits per heavy atom. The van der Waals surface area contributed by atoms with E-state index in [0.29, 0.717) is 6.07 Å². The summed E-state index contributed by atoms with van der Waals surface area (Å²) in [6.07, 6.45) is -5.04. The first kappa shape index (κ1) is 13.8. The highest BCUT2D eigenvalue weighted by molar-refractivity contribution is 6.19. The van der Waals surface area contributed by atoms with Crippen LogP contribution in [0.25, 0.3) is 0 Å². The number of hydrogen-bond acceptors (Lipinski definition) is 2. The van der Waals surface area contributed by atoms with E-state index in [2.05, 4.69) is 4.74 Å². The van der Waals surface area contributed by atoms with E-state index in [1.165, 1.54) is 0 Å². The van der Waals surface area contributed by atoms with E-state index < -0.39 is 29.3 Å². The molecule has 0 aliphatic heterocycles. The van der Waals surface area contributed by atoms with Gasteiger partial charge in [-0.2, -0.15) is 0 Å². The zero-order valence-electron chi connectivity index (χ0n) is 8.35. The predicted octanol–water partition coefficient (Wildman–Crippen LogP) is 3.54. The van der Waals surface area contributed by atoms with Crippen molar-refractivity contribution in [3.05, 3.63) is 29.6 Å². The van der Waals surface area contributed by atoms with Crippen LogP contribution in [0.3, 0.4) is 0 Å². The van der Waals surface area contributed by atoms with Crippen LogP contribution < -0.4 is 4.74 Å². The van der Waals surface area contributed by atoms with Crippen molar-refractivity contribution in [1.82, 2.24) is 0 Å². The van der Waals surface area contributed by atoms with Gasteiger partial charge in [0.05, 0.1) is 5.56 Å². The monoisotopic (exact) mass is 270 g/mol. The van der Waals surface area contributed by atoms with E-state index in [1.807, 2.05) is 0 Å². The lowest BCUT2D eigenvalue weighted by molar-refractivity contribution is -0.274. The Labute approximate surface area is 99.1 Å². The third-order valence-electron chi connectivity index (χ3n) is 1.79. The summed E-state index contributed by atoms with van der Waals surface area (Å²) in [5.41, 5.74) is -0.465. The Kier molecular flexibility index (Phi) is 4.34. The summed E-state index contributed by atoms with van der Waals surface area (Å²) in [7, 11) is 0. The van der Waals surface area contributed by atoms with Crippen LogP contribution in [0, 0.1) is 5.82 Å². The number of benzene rings is 1. The van der Waals surface area contributed by atoms with Gasteiger partial charge in [-0.25, -0.2) is 4.39 Å². The first-order valence-electron chi connectivity index (χ1n) is 4.48. The smallest absolute Gasteiger partial charge is 0.406 e. The molecule has 0 saturated heterocycles. The van der Waals surface area contributed by atoms with Crippen LogP contribution in [-0.2, 0) is 0 Å². The number of alkyl halides is 4. The number of halogens is 5. The van der Waals surface area contributed by atoms with Gasteiger partial charge in [0, 0.05) is 12.3 Å². The lowest BCUT2D eigenvalue weighted by atomic mass is 10.1. The fourth-order valence-electron chi connectivity index (χ4n) is 1.14. The van der Waals surface area contributed by atoms with Gasteiger partial charge >= 0.3 is 6.36 Å². The Bertz CT molecular complexity index is 417. The molecule has 0 N–H and O–H groups in total. The lowest BCUT2D eigenvalue weighted by Gasteiger charge is -2.10. The summed E-state index contributed by atoms with van der Waals surface area (Å²) >= 11 is 5.29. The van der Waals surface area contributed by atoms with Gasteiger partial charge < -0.3 is 4.74 Å². The average molecular weight is 271 g/mol. The van der Waals surface area contributed by atoms with Gasteiger partial charge in [-0.15, -0.1) is 24.8 Å². The maximum absolute atomic E-state index is 13.2. The Morgan fingerprint density at radius 1 is 1.35 bits per heavy atom. The van der Waals surface area contributed by atoms with Crippen LogP contribution in [0.4, 0.5) is 17.6 Å². The molecule has 0 atom stereocenters. The SMILES string of the molecule is O=C(CCCl)c1cc(OC(F)(F)F)ccc1F. The molecule has 2 nitrogen and oxygen atoms in total. The summed E-state index contributed by atoms with van der Waals surface area (Å²) in [4.78, 5) is 11.3. The summed E-state index contributed by atoms with van der Waals surface area (Å²) in [5.74, 6) is -2.26. The lowest BCUT2D eigenvalue weighted by Crippen LogP contribution is -2.17. The summed E-state index contributed by atoms with van der Waals surface area (Å²) < 4.78 is 52.5. The molecule has 0 saturated carbocycles. The molecule has 0 radical (unpaired) electrons. The van der Waals surface area contributed by atoms with Crippen molar-refractivity contribution in [2.45, 2.75) is 12.8 Å². The van der Waals surface area contributed by atoms with Crippen LogP contribution in [-0.4, -0.2) is 18.0 Å². The minimum Gasteiger partial charge on any atom is -0.406 e. The molecule has 1 rings (SSSR count). The molecular formula is C10H7ClF4O2. The van der Waals surface area contributed by atoms with E-state index >= 15 is 0 Å². The van der Waals surface area contributed by atoms with Crippen molar-refractivity contribution in [2.75, 3.05) is 5.88 Å². The van der Waals surface area contributed by atoms with Crippen molar-refractivity contribution in [1.29, 1.82) is 0 Å². The summed E-state index contributed by atoms with van der Waals surface area (Å²) in [6, 6.07) is 2.24. The molecule has 1 aromatic rings. The van der Waals surface area contributed by atoms with Gasteiger partial charge in [0.1, 0.15) is 11.6 Å². The van der Waals surface area contributed by atoms with Gasteiger partial charge in [-0.3, -0.25) is 4.79 Å². The van der Waals surface area contributed by atoms with E-state index in [9.17, 15) is 22.4 Å². The molecule has 94 valence electrons. The van der Waals surface area contributed by atoms with Crippen molar-refractivity contribution >= 4 is 17.4 Å². The highest BCUT2D eigenvalue weighted by Gasteiger charge is 2.31. The predicted molar refractivity (Wildman–Crippen MR) is 52.8 cm³/mol. The number of ketones is 1. The molecule has 0 amide bonds. The Balaban J connectivity index is 2.98. The largest absolute Gasteiger partial charge is 0.573 e. The molecule has 0 heterocycles. The van der Waals surface area contributed by atoms with Gasteiger partial charge in [0.25, 0.3) is 0 Å². The van der Waals surface area contributed by atoms with E-state index in [-0.39, 0.29) is 12.3 Å². The zero-order chi connectivity index (χ0) is 13.1. The van der Waals surface area contributed by atoms with Crippen molar-refractivity contribution in [2.24, 2.45) is 0 Å². The normalized spacial score (nSPS) is 11.4. The minimum atomic E-state index is -4.88. The first-order chi connectivity index (χ1) is 7.83. The third-order valence-corrected chi connectivity index (χ3v) is 1.98. The van der Waals surface area contributed by atoms with E-state index in [1.54, 1.807) is 0 Å². The van der Waals surface area contributed by atoms with E-state index in [4.69, 9.17) is 11.6 Å².